The molecule has 1 aliphatic heterocycles. The first kappa shape index (κ1) is 11.9. The molecule has 0 unspecified atom stereocenters. The van der Waals surface area contributed by atoms with Gasteiger partial charge < -0.3 is 10.6 Å². The molecule has 1 heterocycles. The summed E-state index contributed by atoms with van der Waals surface area (Å²) in [4.78, 5) is 0. The van der Waals surface area contributed by atoms with Crippen LogP contribution in [0.2, 0.25) is 0 Å². The molecule has 1 fully saturated rings. The fourth-order valence-corrected chi connectivity index (χ4v) is 2.30. The van der Waals surface area contributed by atoms with Gasteiger partial charge in [0.1, 0.15) is 6.07 Å². The Morgan fingerprint density at radius 1 is 1.41 bits per heavy atom. The Kier molecular flexibility index (Phi) is 4.00. The molecule has 0 spiro atoms. The van der Waals surface area contributed by atoms with E-state index in [1.807, 2.05) is 25.1 Å². The van der Waals surface area contributed by atoms with Crippen LogP contribution in [0.4, 0.5) is 5.69 Å². The van der Waals surface area contributed by atoms with Crippen LogP contribution in [0.3, 0.4) is 0 Å². The minimum absolute atomic E-state index is 0.725. The van der Waals surface area contributed by atoms with Crippen molar-refractivity contribution in [2.24, 2.45) is 5.92 Å². The van der Waals surface area contributed by atoms with Gasteiger partial charge in [-0.2, -0.15) is 5.26 Å². The van der Waals surface area contributed by atoms with Crippen molar-refractivity contribution in [2.45, 2.75) is 19.8 Å². The van der Waals surface area contributed by atoms with Gasteiger partial charge in [-0.25, -0.2) is 0 Å². The highest BCUT2D eigenvalue weighted by atomic mass is 14.9. The highest BCUT2D eigenvalue weighted by molar-refractivity contribution is 5.60. The van der Waals surface area contributed by atoms with Crippen LogP contribution in [-0.4, -0.2) is 19.6 Å². The summed E-state index contributed by atoms with van der Waals surface area (Å²) < 4.78 is 0. The first-order valence-corrected chi connectivity index (χ1v) is 6.25. The van der Waals surface area contributed by atoms with Crippen LogP contribution in [0, 0.1) is 24.2 Å². The molecular weight excluding hydrogens is 210 g/mol. The smallest absolute Gasteiger partial charge is 0.102 e. The summed E-state index contributed by atoms with van der Waals surface area (Å²) in [5, 5.41) is 15.9. The molecule has 0 bridgehead atoms. The van der Waals surface area contributed by atoms with Crippen molar-refractivity contribution in [3.8, 4) is 6.07 Å². The molecule has 17 heavy (non-hydrogen) atoms. The number of piperidine rings is 1. The van der Waals surface area contributed by atoms with E-state index in [4.69, 9.17) is 5.26 Å². The third-order valence-corrected chi connectivity index (χ3v) is 3.42. The summed E-state index contributed by atoms with van der Waals surface area (Å²) in [5.74, 6) is 0.725. The van der Waals surface area contributed by atoms with E-state index in [2.05, 4.69) is 16.7 Å². The van der Waals surface area contributed by atoms with Gasteiger partial charge in [0.15, 0.2) is 0 Å². The Morgan fingerprint density at radius 2 is 2.18 bits per heavy atom. The van der Waals surface area contributed by atoms with Crippen LogP contribution in [0.1, 0.15) is 24.0 Å². The van der Waals surface area contributed by atoms with E-state index in [1.165, 1.54) is 12.8 Å². The molecule has 90 valence electrons. The van der Waals surface area contributed by atoms with E-state index in [1.54, 1.807) is 0 Å². The Hall–Kier alpha value is -1.53. The molecule has 0 radical (unpaired) electrons. The van der Waals surface area contributed by atoms with Crippen molar-refractivity contribution in [1.29, 1.82) is 5.26 Å². The summed E-state index contributed by atoms with van der Waals surface area (Å²) in [7, 11) is 0. The Morgan fingerprint density at radius 3 is 2.88 bits per heavy atom. The average Bonchev–Trinajstić information content (AvgIpc) is 2.37. The predicted octanol–water partition coefficient (Wildman–Crippen LogP) is 2.28. The van der Waals surface area contributed by atoms with Crippen molar-refractivity contribution in [1.82, 2.24) is 5.32 Å². The van der Waals surface area contributed by atoms with E-state index in [9.17, 15) is 0 Å². The monoisotopic (exact) mass is 229 g/mol. The van der Waals surface area contributed by atoms with Gasteiger partial charge >= 0.3 is 0 Å². The van der Waals surface area contributed by atoms with E-state index >= 15 is 0 Å². The summed E-state index contributed by atoms with van der Waals surface area (Å²) in [6, 6.07) is 8.25. The SMILES string of the molecule is Cc1cccc(NCC2CCNCC2)c1C#N. The lowest BCUT2D eigenvalue weighted by Crippen LogP contribution is -2.31. The number of rotatable bonds is 3. The number of aryl methyl sites for hydroxylation is 1. The number of benzene rings is 1. The Labute approximate surface area is 103 Å². The van der Waals surface area contributed by atoms with Crippen LogP contribution >= 0.6 is 0 Å². The van der Waals surface area contributed by atoms with E-state index in [0.29, 0.717) is 0 Å². The largest absolute Gasteiger partial charge is 0.384 e. The van der Waals surface area contributed by atoms with Crippen molar-refractivity contribution in [3.63, 3.8) is 0 Å². The van der Waals surface area contributed by atoms with Crippen LogP contribution in [-0.2, 0) is 0 Å². The number of nitrogens with zero attached hydrogens (tertiary/aromatic N) is 1. The van der Waals surface area contributed by atoms with E-state index in [-0.39, 0.29) is 0 Å². The molecular formula is C14H19N3. The highest BCUT2D eigenvalue weighted by Crippen LogP contribution is 2.20. The molecule has 0 aliphatic carbocycles. The number of nitriles is 1. The maximum Gasteiger partial charge on any atom is 0.102 e. The Bertz CT molecular complexity index is 414. The molecule has 1 aliphatic rings. The zero-order valence-corrected chi connectivity index (χ0v) is 10.3. The topological polar surface area (TPSA) is 47.8 Å². The molecule has 3 nitrogen and oxygen atoms in total. The highest BCUT2D eigenvalue weighted by Gasteiger charge is 2.13. The molecule has 0 aromatic heterocycles. The molecule has 0 saturated carbocycles. The van der Waals surface area contributed by atoms with Crippen LogP contribution < -0.4 is 10.6 Å². The number of hydrogen-bond acceptors (Lipinski definition) is 3. The van der Waals surface area contributed by atoms with E-state index < -0.39 is 0 Å². The van der Waals surface area contributed by atoms with Gasteiger partial charge in [0.05, 0.1) is 11.3 Å². The quantitative estimate of drug-likeness (QED) is 0.836. The number of nitrogens with one attached hydrogen (secondary N) is 2. The van der Waals surface area contributed by atoms with Crippen molar-refractivity contribution in [2.75, 3.05) is 25.0 Å². The molecule has 1 aromatic carbocycles. The lowest BCUT2D eigenvalue weighted by atomic mass is 9.98. The van der Waals surface area contributed by atoms with Gasteiger partial charge in [-0.1, -0.05) is 12.1 Å². The normalized spacial score (nSPS) is 16.5. The maximum atomic E-state index is 9.14. The molecule has 3 heteroatoms. The van der Waals surface area contributed by atoms with Crippen LogP contribution in [0.25, 0.3) is 0 Å². The second kappa shape index (κ2) is 5.70. The van der Waals surface area contributed by atoms with Crippen molar-refractivity contribution >= 4 is 5.69 Å². The standard InChI is InChI=1S/C14H19N3/c1-11-3-2-4-14(13(11)9-15)17-10-12-5-7-16-8-6-12/h2-4,12,16-17H,5-8,10H2,1H3. The van der Waals surface area contributed by atoms with Gasteiger partial charge in [-0.15, -0.1) is 0 Å². The lowest BCUT2D eigenvalue weighted by Gasteiger charge is -2.23. The number of anilines is 1. The number of hydrogen-bond donors (Lipinski definition) is 2. The predicted molar refractivity (Wildman–Crippen MR) is 70.0 cm³/mol. The first-order chi connectivity index (χ1) is 8.31. The van der Waals surface area contributed by atoms with Gasteiger partial charge in [-0.05, 0) is 50.4 Å². The van der Waals surface area contributed by atoms with Crippen molar-refractivity contribution < 1.29 is 0 Å². The lowest BCUT2D eigenvalue weighted by molar-refractivity contribution is 0.390. The average molecular weight is 229 g/mol. The van der Waals surface area contributed by atoms with E-state index in [0.717, 1.165) is 42.4 Å². The minimum Gasteiger partial charge on any atom is -0.384 e. The molecule has 2 N–H and O–H groups in total. The fraction of sp³-hybridized carbons (Fsp3) is 0.500. The zero-order chi connectivity index (χ0) is 12.1. The van der Waals surface area contributed by atoms with Gasteiger partial charge in [0, 0.05) is 6.54 Å². The molecule has 1 aromatic rings. The molecule has 0 amide bonds. The third-order valence-electron chi connectivity index (χ3n) is 3.42. The van der Waals surface area contributed by atoms with Crippen molar-refractivity contribution in [3.05, 3.63) is 29.3 Å². The summed E-state index contributed by atoms with van der Waals surface area (Å²) in [6.45, 7) is 5.19. The molecule has 1 saturated heterocycles. The maximum absolute atomic E-state index is 9.14. The first-order valence-electron chi connectivity index (χ1n) is 6.25. The zero-order valence-electron chi connectivity index (χ0n) is 10.3. The second-order valence-corrected chi connectivity index (χ2v) is 4.68. The summed E-state index contributed by atoms with van der Waals surface area (Å²) >= 11 is 0. The fourth-order valence-electron chi connectivity index (χ4n) is 2.30. The summed E-state index contributed by atoms with van der Waals surface area (Å²) in [5.41, 5.74) is 2.80. The van der Waals surface area contributed by atoms with Crippen LogP contribution in [0.5, 0.6) is 0 Å². The third kappa shape index (κ3) is 2.98. The summed E-state index contributed by atoms with van der Waals surface area (Å²) in [6.07, 6.45) is 2.45. The molecule has 0 atom stereocenters. The second-order valence-electron chi connectivity index (χ2n) is 4.68. The van der Waals surface area contributed by atoms with Crippen LogP contribution in [0.15, 0.2) is 18.2 Å². The Balaban J connectivity index is 1.99. The minimum atomic E-state index is 0.725. The molecule has 2 rings (SSSR count). The van der Waals surface area contributed by atoms with Gasteiger partial charge in [-0.3, -0.25) is 0 Å². The van der Waals surface area contributed by atoms with Gasteiger partial charge in [0.2, 0.25) is 0 Å². The van der Waals surface area contributed by atoms with Gasteiger partial charge in [0.25, 0.3) is 0 Å².